The summed E-state index contributed by atoms with van der Waals surface area (Å²) in [5.74, 6) is 0. The lowest BCUT2D eigenvalue weighted by Gasteiger charge is -2.35. The van der Waals surface area contributed by atoms with Crippen molar-refractivity contribution in [3.8, 4) is 0 Å². The van der Waals surface area contributed by atoms with Gasteiger partial charge in [0.1, 0.15) is 0 Å². The molecular weight excluding hydrogens is 940 g/mol. The summed E-state index contributed by atoms with van der Waals surface area (Å²) < 4.78 is 0. The average Bonchev–Trinajstić information content (AvgIpc) is 3.30. The quantitative estimate of drug-likeness (QED) is 0.101. The van der Waals surface area contributed by atoms with Crippen molar-refractivity contribution in [1.82, 2.24) is 0 Å². The maximum atomic E-state index is 8.42. The number of halogens is 4. The third-order valence-corrected chi connectivity index (χ3v) is 48.1. The van der Waals surface area contributed by atoms with Gasteiger partial charge >= 0.3 is 0 Å². The Kier molecular flexibility index (Phi) is 87.6. The molecule has 3 nitrogen and oxygen atoms in total. The van der Waals surface area contributed by atoms with Crippen LogP contribution in [-0.2, 0) is 0 Å². The molecule has 64 heavy (non-hydrogen) atoms. The molecule has 0 spiro atoms. The highest BCUT2D eigenvalue weighted by molar-refractivity contribution is 7.77. The molecule has 0 amide bonds. The summed E-state index contributed by atoms with van der Waals surface area (Å²) >= 11 is 0. The zero-order chi connectivity index (χ0) is 49.9. The lowest BCUT2D eigenvalue weighted by Crippen LogP contribution is -3.00. The summed E-state index contributed by atoms with van der Waals surface area (Å²) in [6.45, 7) is 66.0. The van der Waals surface area contributed by atoms with Crippen LogP contribution in [0.4, 0.5) is 0 Å². The van der Waals surface area contributed by atoms with Gasteiger partial charge in [0.25, 0.3) is 0 Å². The Bertz CT molecular complexity index is 593. The lowest BCUT2D eigenvalue weighted by molar-refractivity contribution is -0.479. The van der Waals surface area contributed by atoms with Crippen LogP contribution in [0.5, 0.6) is 0 Å². The molecule has 0 N–H and O–H groups in total. The van der Waals surface area contributed by atoms with E-state index in [1.807, 2.05) is 0 Å². The van der Waals surface area contributed by atoms with E-state index in [9.17, 15) is 0 Å². The van der Waals surface area contributed by atoms with Gasteiger partial charge in [0.2, 0.25) is 0 Å². The van der Waals surface area contributed by atoms with Crippen LogP contribution in [0, 0.1) is 0 Å². The van der Waals surface area contributed by atoms with E-state index in [2.05, 4.69) is 192 Å². The summed E-state index contributed by atoms with van der Waals surface area (Å²) in [5, 5.41) is 25.2. The van der Waals surface area contributed by atoms with Crippen molar-refractivity contribution in [2.75, 3.05) is 176 Å². The number of hydrogen-bond donors (Lipinski definition) is 0. The fraction of sp³-hybridized carbons (Fsp3) is 1.00. The van der Waals surface area contributed by atoms with Gasteiger partial charge in [0, 0.05) is 97.5 Å². The van der Waals surface area contributed by atoms with Crippen LogP contribution in [0.25, 0.3) is 0 Å². The Morgan fingerprint density at radius 2 is 0.219 bits per heavy atom. The monoisotopic (exact) mass is 1070 g/mol. The van der Waals surface area contributed by atoms with Crippen molar-refractivity contribution in [2.45, 2.75) is 145 Å². The molecule has 0 bridgehead atoms. The predicted octanol–water partition coefficient (Wildman–Crippen LogP) is 2.92. The molecule has 0 aliphatic carbocycles. The molecule has 0 aliphatic heterocycles. The van der Waals surface area contributed by atoms with E-state index < -0.39 is 58.2 Å². The molecule has 0 fully saturated rings. The van der Waals surface area contributed by atoms with Gasteiger partial charge in [-0.05, 0) is 145 Å². The zero-order valence-electron chi connectivity index (χ0n) is 49.3. The number of hydrogen-bond acceptors (Lipinski definition) is 3. The summed E-state index contributed by atoms with van der Waals surface area (Å²) in [6, 6.07) is 0. The molecule has 15 heteroatoms. The minimum absolute atomic E-state index is 0. The number of rotatable bonds is 21. The molecule has 0 aromatic carbocycles. The van der Waals surface area contributed by atoms with Crippen LogP contribution >= 0.6 is 50.8 Å². The molecule has 0 rings (SSSR count). The van der Waals surface area contributed by atoms with Crippen molar-refractivity contribution in [3.05, 3.63) is 0 Å². The first-order chi connectivity index (χ1) is 27.5. The lowest BCUT2D eigenvalue weighted by atomic mass is 10.3. The second-order valence-electron chi connectivity index (χ2n) is 18.3. The standard InChI is InChI=1S/7C7H18P.BO3.4FH/c7*1-5-8(4,6-2)7-3;2-1(3)4;;;;/h7*5-7H2,1-4H3;;4*1H/q7*+1;-3;;;;/p-4. The topological polar surface area (TPSA) is 69.2 Å². The molecular formula is C49H126BF4O3P7. The smallest absolute Gasteiger partial charge is 0.0563 e. The molecule has 0 atom stereocenters. The van der Waals surface area contributed by atoms with Gasteiger partial charge in [-0.25, -0.2) is 0 Å². The van der Waals surface area contributed by atoms with E-state index in [1.54, 1.807) is 0 Å². The van der Waals surface area contributed by atoms with Crippen molar-refractivity contribution in [2.24, 2.45) is 0 Å². The Morgan fingerprint density at radius 3 is 0.219 bits per heavy atom. The van der Waals surface area contributed by atoms with Gasteiger partial charge in [-0.1, -0.05) is 0 Å². The van der Waals surface area contributed by atoms with Crippen molar-refractivity contribution < 1.29 is 33.9 Å². The molecule has 0 radical (unpaired) electrons. The Hall–Kier alpha value is 2.67. The van der Waals surface area contributed by atoms with Crippen LogP contribution in [0.2, 0.25) is 0 Å². The highest BCUT2D eigenvalue weighted by Gasteiger charge is 2.26. The van der Waals surface area contributed by atoms with Gasteiger partial charge < -0.3 is 33.9 Å². The molecule has 0 saturated heterocycles. The van der Waals surface area contributed by atoms with E-state index in [0.717, 1.165) is 0 Å². The fourth-order valence-electron chi connectivity index (χ4n) is 4.70. The molecule has 0 unspecified atom stereocenters. The molecule has 0 aromatic heterocycles. The molecule has 0 aliphatic rings. The van der Waals surface area contributed by atoms with Crippen molar-refractivity contribution in [1.29, 1.82) is 0 Å². The first-order valence-corrected chi connectivity index (χ1v) is 44.9. The summed E-state index contributed by atoms with van der Waals surface area (Å²) in [7, 11) is -5.80. The average molecular weight is 1070 g/mol. The van der Waals surface area contributed by atoms with Crippen LogP contribution in [0.3, 0.4) is 0 Å². The first kappa shape index (κ1) is 96.2. The van der Waals surface area contributed by atoms with Crippen molar-refractivity contribution in [3.63, 3.8) is 0 Å². The maximum absolute atomic E-state index is 8.42. The van der Waals surface area contributed by atoms with Gasteiger partial charge in [0.15, 0.2) is 0 Å². The minimum Gasteiger partial charge on any atom is -1.00 e. The highest BCUT2D eigenvalue weighted by Crippen LogP contribution is 2.56. The zero-order valence-corrected chi connectivity index (χ0v) is 55.6. The van der Waals surface area contributed by atoms with Crippen molar-refractivity contribution >= 4 is 58.2 Å². The predicted molar refractivity (Wildman–Crippen MR) is 317 cm³/mol. The Labute approximate surface area is 411 Å². The minimum atomic E-state index is -2.92. The second kappa shape index (κ2) is 58.2. The van der Waals surface area contributed by atoms with E-state index in [1.165, 1.54) is 129 Å². The van der Waals surface area contributed by atoms with Crippen LogP contribution in [0.1, 0.15) is 145 Å². The van der Waals surface area contributed by atoms with E-state index in [-0.39, 0.29) is 18.8 Å². The Balaban J connectivity index is -0.0000000481. The maximum Gasteiger partial charge on any atom is 0.0563 e. The molecule has 406 valence electrons. The first-order valence-electron chi connectivity index (χ1n) is 25.3. The van der Waals surface area contributed by atoms with Crippen LogP contribution in [-0.4, -0.2) is 183 Å². The third-order valence-electron chi connectivity index (χ3n) is 16.0. The van der Waals surface area contributed by atoms with E-state index in [4.69, 9.17) is 15.1 Å². The van der Waals surface area contributed by atoms with Gasteiger partial charge in [-0.2, -0.15) is 0 Å². The molecule has 0 saturated carbocycles. The van der Waals surface area contributed by atoms with Gasteiger partial charge in [-0.3, -0.25) is 7.32 Å². The third kappa shape index (κ3) is 60.8. The summed E-state index contributed by atoms with van der Waals surface area (Å²) in [6.07, 6.45) is 30.0. The second-order valence-corrected chi connectivity index (χ2v) is 54.2. The van der Waals surface area contributed by atoms with E-state index >= 15 is 0 Å². The van der Waals surface area contributed by atoms with Crippen LogP contribution in [0.15, 0.2) is 0 Å². The fourth-order valence-corrected chi connectivity index (χ4v) is 14.1. The highest BCUT2D eigenvalue weighted by atomic mass is 31.2. The summed E-state index contributed by atoms with van der Waals surface area (Å²) in [4.78, 5) is 0. The normalized spacial score (nSPS) is 10.9. The van der Waals surface area contributed by atoms with Crippen LogP contribution < -0.4 is 33.9 Å². The van der Waals surface area contributed by atoms with Gasteiger partial charge in [-0.15, -0.1) is 0 Å². The molecule has 0 aromatic rings. The SMILES string of the molecule is CC[P+](C)(CC)CC.CC[P+](C)(CC)CC.CC[P+](C)(CC)CC.CC[P+](C)(CC)CC.CC[P+](C)(CC)CC.CC[P+](C)(CC)CC.CC[P+](C)(CC)CC.[F-].[F-].[F-].[F-].[O-]B([O-])[O-]. The molecule has 0 heterocycles. The summed E-state index contributed by atoms with van der Waals surface area (Å²) in [5.41, 5.74) is 0. The Morgan fingerprint density at radius 1 is 0.188 bits per heavy atom. The van der Waals surface area contributed by atoms with E-state index in [0.29, 0.717) is 0 Å². The van der Waals surface area contributed by atoms with Gasteiger partial charge in [0.05, 0.1) is 129 Å². The largest absolute Gasteiger partial charge is 1.00 e.